The van der Waals surface area contributed by atoms with Gasteiger partial charge in [0.15, 0.2) is 0 Å². The van der Waals surface area contributed by atoms with E-state index in [0.717, 1.165) is 21.7 Å². The predicted octanol–water partition coefficient (Wildman–Crippen LogP) is 5.90. The maximum absolute atomic E-state index is 5.94. The van der Waals surface area contributed by atoms with Crippen LogP contribution < -0.4 is 5.73 Å². The standard InChI is InChI=1S/C22H22ClN/c1-18(16-17-24)6-5-9-21(20-7-3-2-4-8-20)13-10-19-11-14-22(23)15-12-19/h2-16H,17,24H2,1H3/b6-5+,13-10+,18-16+,21-9-. The first-order valence-corrected chi connectivity index (χ1v) is 8.31. The topological polar surface area (TPSA) is 26.0 Å². The molecule has 2 aromatic carbocycles. The zero-order valence-electron chi connectivity index (χ0n) is 13.8. The molecular weight excluding hydrogens is 314 g/mol. The number of hydrogen-bond donors (Lipinski definition) is 1. The highest BCUT2D eigenvalue weighted by molar-refractivity contribution is 6.30. The Morgan fingerprint density at radius 1 is 1.00 bits per heavy atom. The number of halogens is 1. The Hall–Kier alpha value is -2.35. The summed E-state index contributed by atoms with van der Waals surface area (Å²) < 4.78 is 0. The van der Waals surface area contributed by atoms with Crippen molar-refractivity contribution in [3.8, 4) is 0 Å². The second kappa shape index (κ2) is 9.71. The van der Waals surface area contributed by atoms with E-state index in [4.69, 9.17) is 17.3 Å². The number of benzene rings is 2. The fraction of sp³-hybridized carbons (Fsp3) is 0.0909. The smallest absolute Gasteiger partial charge is 0.0406 e. The molecule has 2 aromatic rings. The second-order valence-corrected chi connectivity index (χ2v) is 5.85. The van der Waals surface area contributed by atoms with Crippen LogP contribution in [-0.2, 0) is 0 Å². The number of nitrogens with two attached hydrogens (primary N) is 1. The van der Waals surface area contributed by atoms with Crippen molar-refractivity contribution in [3.05, 3.63) is 107 Å². The molecule has 0 aromatic heterocycles. The Balaban J connectivity index is 2.26. The normalized spacial score (nSPS) is 13.1. The van der Waals surface area contributed by atoms with Gasteiger partial charge in [-0.1, -0.05) is 96.1 Å². The van der Waals surface area contributed by atoms with Crippen LogP contribution in [0, 0.1) is 0 Å². The van der Waals surface area contributed by atoms with Gasteiger partial charge in [-0.2, -0.15) is 0 Å². The molecule has 0 spiro atoms. The van der Waals surface area contributed by atoms with Gasteiger partial charge < -0.3 is 5.73 Å². The molecule has 122 valence electrons. The van der Waals surface area contributed by atoms with Gasteiger partial charge in [0, 0.05) is 11.6 Å². The van der Waals surface area contributed by atoms with Gasteiger partial charge in [-0.15, -0.1) is 0 Å². The molecule has 0 saturated carbocycles. The minimum absolute atomic E-state index is 0.557. The van der Waals surface area contributed by atoms with Gasteiger partial charge in [-0.25, -0.2) is 0 Å². The Labute approximate surface area is 149 Å². The van der Waals surface area contributed by atoms with Crippen molar-refractivity contribution < 1.29 is 0 Å². The number of allylic oxidation sites excluding steroid dienone is 6. The number of hydrogen-bond acceptors (Lipinski definition) is 1. The first-order valence-electron chi connectivity index (χ1n) is 7.93. The molecule has 0 radical (unpaired) electrons. The third kappa shape index (κ3) is 6.04. The Bertz CT molecular complexity index is 750. The van der Waals surface area contributed by atoms with Gasteiger partial charge in [-0.3, -0.25) is 0 Å². The maximum atomic E-state index is 5.94. The molecule has 0 aliphatic rings. The fourth-order valence-electron chi connectivity index (χ4n) is 2.20. The van der Waals surface area contributed by atoms with Crippen molar-refractivity contribution in [1.82, 2.24) is 0 Å². The summed E-state index contributed by atoms with van der Waals surface area (Å²) in [7, 11) is 0. The van der Waals surface area contributed by atoms with Gasteiger partial charge in [0.05, 0.1) is 0 Å². The van der Waals surface area contributed by atoms with Crippen molar-refractivity contribution in [1.29, 1.82) is 0 Å². The van der Waals surface area contributed by atoms with Crippen molar-refractivity contribution >= 4 is 23.3 Å². The summed E-state index contributed by atoms with van der Waals surface area (Å²) in [6.07, 6.45) is 12.4. The number of rotatable bonds is 6. The van der Waals surface area contributed by atoms with Gasteiger partial charge in [0.1, 0.15) is 0 Å². The maximum Gasteiger partial charge on any atom is 0.0406 e. The highest BCUT2D eigenvalue weighted by Crippen LogP contribution is 2.18. The fourth-order valence-corrected chi connectivity index (χ4v) is 2.32. The lowest BCUT2D eigenvalue weighted by Crippen LogP contribution is -1.93. The molecule has 0 bridgehead atoms. The lowest BCUT2D eigenvalue weighted by molar-refractivity contribution is 1.23. The Morgan fingerprint density at radius 3 is 2.38 bits per heavy atom. The lowest BCUT2D eigenvalue weighted by atomic mass is 10.0. The molecule has 0 amide bonds. The minimum atomic E-state index is 0.557. The van der Waals surface area contributed by atoms with E-state index in [1.165, 1.54) is 5.56 Å². The molecule has 24 heavy (non-hydrogen) atoms. The molecule has 1 nitrogen and oxygen atoms in total. The molecule has 0 saturated heterocycles. The molecule has 0 fully saturated rings. The van der Waals surface area contributed by atoms with Crippen LogP contribution in [-0.4, -0.2) is 6.54 Å². The van der Waals surface area contributed by atoms with Crippen LogP contribution in [0.25, 0.3) is 11.6 Å². The van der Waals surface area contributed by atoms with Crippen molar-refractivity contribution in [3.63, 3.8) is 0 Å². The summed E-state index contributed by atoms with van der Waals surface area (Å²) in [5, 5.41) is 0.746. The highest BCUT2D eigenvalue weighted by Gasteiger charge is 1.96. The lowest BCUT2D eigenvalue weighted by Gasteiger charge is -2.02. The van der Waals surface area contributed by atoms with Crippen molar-refractivity contribution in [2.45, 2.75) is 6.92 Å². The molecule has 0 atom stereocenters. The second-order valence-electron chi connectivity index (χ2n) is 5.42. The monoisotopic (exact) mass is 335 g/mol. The summed E-state index contributed by atoms with van der Waals surface area (Å²) in [6, 6.07) is 18.1. The minimum Gasteiger partial charge on any atom is -0.327 e. The summed E-state index contributed by atoms with van der Waals surface area (Å²) in [5.74, 6) is 0. The third-order valence-electron chi connectivity index (χ3n) is 3.51. The summed E-state index contributed by atoms with van der Waals surface area (Å²) in [5.41, 5.74) is 10.1. The van der Waals surface area contributed by atoms with Crippen LogP contribution in [0.15, 0.2) is 90.6 Å². The van der Waals surface area contributed by atoms with Gasteiger partial charge in [0.2, 0.25) is 0 Å². The SMILES string of the molecule is CC(/C=C/C=C(/C=C/c1ccc(Cl)cc1)c1ccccc1)=C\CN. The average Bonchev–Trinajstić information content (AvgIpc) is 2.60. The molecule has 2 heteroatoms. The quantitative estimate of drug-likeness (QED) is 0.653. The summed E-state index contributed by atoms with van der Waals surface area (Å²) in [4.78, 5) is 0. The van der Waals surface area contributed by atoms with Crippen LogP contribution in [0.5, 0.6) is 0 Å². The van der Waals surface area contributed by atoms with E-state index in [2.05, 4.69) is 42.5 Å². The van der Waals surface area contributed by atoms with Crippen molar-refractivity contribution in [2.24, 2.45) is 5.73 Å². The Kier molecular flexibility index (Phi) is 7.28. The predicted molar refractivity (Wildman–Crippen MR) is 107 cm³/mol. The molecule has 2 N–H and O–H groups in total. The van der Waals surface area contributed by atoms with Gasteiger partial charge in [0.25, 0.3) is 0 Å². The van der Waals surface area contributed by atoms with Crippen LogP contribution in [0.2, 0.25) is 5.02 Å². The molecular formula is C22H22ClN. The Morgan fingerprint density at radius 2 is 1.71 bits per heavy atom. The first-order chi connectivity index (χ1) is 11.7. The van der Waals surface area contributed by atoms with Gasteiger partial charge in [-0.05, 0) is 35.8 Å². The van der Waals surface area contributed by atoms with E-state index in [9.17, 15) is 0 Å². The molecule has 2 rings (SSSR count). The van der Waals surface area contributed by atoms with E-state index in [1.54, 1.807) is 0 Å². The average molecular weight is 336 g/mol. The van der Waals surface area contributed by atoms with E-state index in [-0.39, 0.29) is 0 Å². The van der Waals surface area contributed by atoms with E-state index >= 15 is 0 Å². The van der Waals surface area contributed by atoms with Crippen LogP contribution in [0.3, 0.4) is 0 Å². The largest absolute Gasteiger partial charge is 0.327 e. The third-order valence-corrected chi connectivity index (χ3v) is 3.76. The summed E-state index contributed by atoms with van der Waals surface area (Å²) >= 11 is 5.94. The zero-order chi connectivity index (χ0) is 17.2. The van der Waals surface area contributed by atoms with Crippen molar-refractivity contribution in [2.75, 3.05) is 6.54 Å². The highest BCUT2D eigenvalue weighted by atomic mass is 35.5. The molecule has 0 heterocycles. The molecule has 0 aliphatic heterocycles. The van der Waals surface area contributed by atoms with E-state index in [1.807, 2.05) is 55.5 Å². The van der Waals surface area contributed by atoms with Crippen LogP contribution in [0.1, 0.15) is 18.1 Å². The van der Waals surface area contributed by atoms with Crippen LogP contribution >= 0.6 is 11.6 Å². The first kappa shape index (κ1) is 18.0. The van der Waals surface area contributed by atoms with Gasteiger partial charge >= 0.3 is 0 Å². The summed E-state index contributed by atoms with van der Waals surface area (Å²) in [6.45, 7) is 2.60. The molecule has 0 aliphatic carbocycles. The zero-order valence-corrected chi connectivity index (χ0v) is 14.6. The van der Waals surface area contributed by atoms with E-state index in [0.29, 0.717) is 6.54 Å². The molecule has 0 unspecified atom stereocenters. The van der Waals surface area contributed by atoms with Crippen LogP contribution in [0.4, 0.5) is 0 Å². The van der Waals surface area contributed by atoms with E-state index < -0.39 is 0 Å².